The molecule has 106 valence electrons. The summed E-state index contributed by atoms with van der Waals surface area (Å²) in [4.78, 5) is 22.4. The number of carbonyl (C=O) groups is 2. The first-order valence-electron chi connectivity index (χ1n) is 6.23. The maximum atomic E-state index is 11.4. The minimum absolute atomic E-state index is 0. The van der Waals surface area contributed by atoms with Gasteiger partial charge in [0.15, 0.2) is 0 Å². The van der Waals surface area contributed by atoms with Gasteiger partial charge in [-0.05, 0) is 31.5 Å². The summed E-state index contributed by atoms with van der Waals surface area (Å²) in [5.74, 6) is -0.234. The monoisotopic (exact) mass is 267 g/mol. The van der Waals surface area contributed by atoms with Crippen molar-refractivity contribution in [3.05, 3.63) is 29.8 Å². The summed E-state index contributed by atoms with van der Waals surface area (Å²) in [7, 11) is 0. The Labute approximate surface area is 114 Å². The summed E-state index contributed by atoms with van der Waals surface area (Å²) in [6.45, 7) is 5.55. The molecule has 0 aliphatic carbocycles. The van der Waals surface area contributed by atoms with Crippen LogP contribution in [0.4, 0.5) is 10.5 Å². The topological polar surface area (TPSA) is 64.6 Å². The average Bonchev–Trinajstić information content (AvgIpc) is 2.36. The molecule has 1 aromatic rings. The highest BCUT2D eigenvalue weighted by molar-refractivity contribution is 5.84. The molecule has 0 atom stereocenters. The van der Waals surface area contributed by atoms with Crippen LogP contribution in [0, 0.1) is 0 Å². The SMILES string of the molecule is CCC(=O)OCc1ccc(NC(=O)OC(C)C)cc1.[HH]. The second-order valence-electron chi connectivity index (χ2n) is 4.29. The van der Waals surface area contributed by atoms with Gasteiger partial charge in [-0.2, -0.15) is 0 Å². The lowest BCUT2D eigenvalue weighted by Crippen LogP contribution is -2.17. The van der Waals surface area contributed by atoms with Crippen molar-refractivity contribution in [1.82, 2.24) is 0 Å². The molecule has 0 saturated heterocycles. The summed E-state index contributed by atoms with van der Waals surface area (Å²) < 4.78 is 9.96. The minimum atomic E-state index is -0.486. The van der Waals surface area contributed by atoms with Gasteiger partial charge in [0.1, 0.15) is 6.61 Å². The summed E-state index contributed by atoms with van der Waals surface area (Å²) in [5.41, 5.74) is 1.50. The van der Waals surface area contributed by atoms with Crippen LogP contribution in [0.3, 0.4) is 0 Å². The third kappa shape index (κ3) is 5.90. The molecule has 0 fully saturated rings. The maximum absolute atomic E-state index is 11.4. The predicted molar refractivity (Wildman–Crippen MR) is 73.9 cm³/mol. The fourth-order valence-corrected chi connectivity index (χ4v) is 1.31. The lowest BCUT2D eigenvalue weighted by molar-refractivity contribution is -0.144. The van der Waals surface area contributed by atoms with E-state index in [-0.39, 0.29) is 20.1 Å². The Morgan fingerprint density at radius 2 is 1.89 bits per heavy atom. The smallest absolute Gasteiger partial charge is 0.411 e. The number of esters is 1. The Morgan fingerprint density at radius 3 is 2.42 bits per heavy atom. The highest BCUT2D eigenvalue weighted by atomic mass is 16.6. The number of benzene rings is 1. The third-order valence-corrected chi connectivity index (χ3v) is 2.23. The normalized spacial score (nSPS) is 10.1. The van der Waals surface area contributed by atoms with Crippen LogP contribution in [0.2, 0.25) is 0 Å². The molecule has 1 amide bonds. The van der Waals surface area contributed by atoms with Crippen molar-refractivity contribution in [2.45, 2.75) is 39.9 Å². The van der Waals surface area contributed by atoms with Gasteiger partial charge < -0.3 is 9.47 Å². The standard InChI is InChI=1S/C14H19NO4.H2/c1-4-13(16)18-9-11-5-7-12(8-6-11)15-14(17)19-10(2)3;/h5-8,10H,4,9H2,1-3H3,(H,15,17);1H. The second kappa shape index (κ2) is 7.41. The summed E-state index contributed by atoms with van der Waals surface area (Å²) >= 11 is 0. The van der Waals surface area contributed by atoms with Crippen LogP contribution in [-0.4, -0.2) is 18.2 Å². The van der Waals surface area contributed by atoms with E-state index >= 15 is 0 Å². The maximum Gasteiger partial charge on any atom is 0.411 e. The van der Waals surface area contributed by atoms with Gasteiger partial charge in [-0.25, -0.2) is 4.79 Å². The van der Waals surface area contributed by atoms with Gasteiger partial charge in [0.25, 0.3) is 0 Å². The second-order valence-corrected chi connectivity index (χ2v) is 4.29. The Morgan fingerprint density at radius 1 is 1.26 bits per heavy atom. The van der Waals surface area contributed by atoms with Crippen molar-refractivity contribution in [1.29, 1.82) is 0 Å². The fourth-order valence-electron chi connectivity index (χ4n) is 1.31. The lowest BCUT2D eigenvalue weighted by Gasteiger charge is -2.10. The zero-order valence-corrected chi connectivity index (χ0v) is 11.4. The van der Waals surface area contributed by atoms with Gasteiger partial charge >= 0.3 is 12.1 Å². The van der Waals surface area contributed by atoms with E-state index in [0.717, 1.165) is 5.56 Å². The highest BCUT2D eigenvalue weighted by Crippen LogP contribution is 2.11. The van der Waals surface area contributed by atoms with E-state index in [0.29, 0.717) is 12.1 Å². The predicted octanol–water partition coefficient (Wildman–Crippen LogP) is 3.34. The summed E-state index contributed by atoms with van der Waals surface area (Å²) in [6.07, 6.45) is -0.284. The zero-order valence-electron chi connectivity index (χ0n) is 11.4. The van der Waals surface area contributed by atoms with Crippen LogP contribution < -0.4 is 5.32 Å². The molecule has 0 aromatic heterocycles. The molecule has 1 N–H and O–H groups in total. The van der Waals surface area contributed by atoms with Crippen molar-refractivity contribution < 1.29 is 20.5 Å². The van der Waals surface area contributed by atoms with E-state index in [4.69, 9.17) is 9.47 Å². The number of ether oxygens (including phenoxy) is 2. The van der Waals surface area contributed by atoms with Gasteiger partial charge in [-0.15, -0.1) is 0 Å². The number of amides is 1. The van der Waals surface area contributed by atoms with Gasteiger partial charge in [0.05, 0.1) is 6.10 Å². The van der Waals surface area contributed by atoms with E-state index in [9.17, 15) is 9.59 Å². The van der Waals surface area contributed by atoms with Crippen LogP contribution in [0.15, 0.2) is 24.3 Å². The fraction of sp³-hybridized carbons (Fsp3) is 0.429. The Kier molecular flexibility index (Phi) is 5.85. The molecule has 0 spiro atoms. The van der Waals surface area contributed by atoms with Crippen molar-refractivity contribution in [3.8, 4) is 0 Å². The van der Waals surface area contributed by atoms with Crippen LogP contribution in [0.1, 0.15) is 34.2 Å². The lowest BCUT2D eigenvalue weighted by atomic mass is 10.2. The molecule has 0 radical (unpaired) electrons. The third-order valence-electron chi connectivity index (χ3n) is 2.23. The van der Waals surface area contributed by atoms with Crippen LogP contribution in [0.25, 0.3) is 0 Å². The Hall–Kier alpha value is -2.04. The Bertz CT molecular complexity index is 431. The molecule has 1 aromatic carbocycles. The molecule has 0 aliphatic heterocycles. The number of nitrogens with one attached hydrogen (secondary N) is 1. The first-order valence-corrected chi connectivity index (χ1v) is 6.23. The minimum Gasteiger partial charge on any atom is -0.461 e. The van der Waals surface area contributed by atoms with Gasteiger partial charge in [-0.3, -0.25) is 10.1 Å². The zero-order chi connectivity index (χ0) is 14.3. The van der Waals surface area contributed by atoms with E-state index in [1.807, 2.05) is 0 Å². The molecular formula is C14H21NO4. The molecular weight excluding hydrogens is 246 g/mol. The van der Waals surface area contributed by atoms with Crippen molar-refractivity contribution in [2.24, 2.45) is 0 Å². The van der Waals surface area contributed by atoms with Gasteiger partial charge in [0, 0.05) is 13.5 Å². The molecule has 0 unspecified atom stereocenters. The summed E-state index contributed by atoms with van der Waals surface area (Å²) in [6, 6.07) is 7.04. The van der Waals surface area contributed by atoms with Crippen molar-refractivity contribution in [2.75, 3.05) is 5.32 Å². The average molecular weight is 267 g/mol. The molecule has 5 heteroatoms. The van der Waals surface area contributed by atoms with Crippen LogP contribution >= 0.6 is 0 Å². The van der Waals surface area contributed by atoms with Crippen LogP contribution in [-0.2, 0) is 20.9 Å². The van der Waals surface area contributed by atoms with E-state index in [1.54, 1.807) is 45.0 Å². The Balaban J connectivity index is 0.00000361. The molecule has 0 aliphatic rings. The number of hydrogen-bond acceptors (Lipinski definition) is 4. The van der Waals surface area contributed by atoms with Crippen molar-refractivity contribution in [3.63, 3.8) is 0 Å². The van der Waals surface area contributed by atoms with Crippen LogP contribution in [0.5, 0.6) is 0 Å². The molecule has 5 nitrogen and oxygen atoms in total. The van der Waals surface area contributed by atoms with E-state index in [1.165, 1.54) is 0 Å². The van der Waals surface area contributed by atoms with E-state index in [2.05, 4.69) is 5.32 Å². The number of rotatable bonds is 5. The number of anilines is 1. The quantitative estimate of drug-likeness (QED) is 0.831. The number of carbonyl (C=O) groups excluding carboxylic acids is 2. The molecule has 0 bridgehead atoms. The first kappa shape index (κ1) is 15.0. The molecule has 0 heterocycles. The molecule has 0 saturated carbocycles. The molecule has 19 heavy (non-hydrogen) atoms. The van der Waals surface area contributed by atoms with E-state index < -0.39 is 6.09 Å². The highest BCUT2D eigenvalue weighted by Gasteiger charge is 2.05. The van der Waals surface area contributed by atoms with Gasteiger partial charge in [-0.1, -0.05) is 19.1 Å². The van der Waals surface area contributed by atoms with Crippen molar-refractivity contribution >= 4 is 17.7 Å². The largest absolute Gasteiger partial charge is 0.461 e. The number of hydrogen-bond donors (Lipinski definition) is 1. The summed E-state index contributed by atoms with van der Waals surface area (Å²) in [5, 5.41) is 2.61. The van der Waals surface area contributed by atoms with Gasteiger partial charge in [0.2, 0.25) is 0 Å². The first-order chi connectivity index (χ1) is 9.01. The molecule has 1 rings (SSSR count).